The quantitative estimate of drug-likeness (QED) is 0.948. The van der Waals surface area contributed by atoms with Crippen LogP contribution in [-0.4, -0.2) is 34.9 Å². The zero-order chi connectivity index (χ0) is 16.2. The largest absolute Gasteiger partial charge is 0.334 e. The molecule has 2 N–H and O–H groups in total. The molecule has 1 aromatic carbocycles. The van der Waals surface area contributed by atoms with Crippen LogP contribution in [0.3, 0.4) is 0 Å². The van der Waals surface area contributed by atoms with Crippen LogP contribution < -0.4 is 5.73 Å². The molecule has 1 atom stereocenters. The zero-order valence-corrected chi connectivity index (χ0v) is 13.5. The molecular formula is C19H23N3O. The first-order valence-electron chi connectivity index (χ1n) is 8.24. The number of hydrogen-bond donors (Lipinski definition) is 1. The number of rotatable bonds is 3. The second-order valence-electron chi connectivity index (χ2n) is 6.13. The van der Waals surface area contributed by atoms with E-state index in [2.05, 4.69) is 4.98 Å². The number of carbonyl (C=O) groups excluding carboxylic acids is 1. The van der Waals surface area contributed by atoms with Gasteiger partial charge in [0.15, 0.2) is 0 Å². The van der Waals surface area contributed by atoms with Gasteiger partial charge in [0, 0.05) is 36.5 Å². The van der Waals surface area contributed by atoms with Crippen molar-refractivity contribution in [3.8, 4) is 11.3 Å². The van der Waals surface area contributed by atoms with E-state index in [4.69, 9.17) is 5.73 Å². The zero-order valence-electron chi connectivity index (χ0n) is 13.5. The van der Waals surface area contributed by atoms with Crippen molar-refractivity contribution in [2.45, 2.75) is 32.2 Å². The number of carbonyl (C=O) groups is 1. The minimum Gasteiger partial charge on any atom is -0.334 e. The highest BCUT2D eigenvalue weighted by Crippen LogP contribution is 2.24. The maximum Gasteiger partial charge on any atom is 0.254 e. The first-order chi connectivity index (χ1) is 11.2. The van der Waals surface area contributed by atoms with Gasteiger partial charge in [-0.1, -0.05) is 18.2 Å². The summed E-state index contributed by atoms with van der Waals surface area (Å²) in [6.45, 7) is 3.37. The van der Waals surface area contributed by atoms with Gasteiger partial charge in [-0.3, -0.25) is 9.78 Å². The number of amides is 1. The van der Waals surface area contributed by atoms with Gasteiger partial charge in [0.05, 0.1) is 5.69 Å². The van der Waals surface area contributed by atoms with Crippen LogP contribution in [0, 0.1) is 6.92 Å². The van der Waals surface area contributed by atoms with Crippen molar-refractivity contribution in [2.24, 2.45) is 5.73 Å². The lowest BCUT2D eigenvalue weighted by Gasteiger charge is -2.35. The molecule has 3 rings (SSSR count). The normalized spacial score (nSPS) is 18.0. The van der Waals surface area contributed by atoms with Crippen molar-refractivity contribution in [1.29, 1.82) is 0 Å². The monoisotopic (exact) mass is 309 g/mol. The second-order valence-corrected chi connectivity index (χ2v) is 6.13. The smallest absolute Gasteiger partial charge is 0.254 e. The molecule has 1 unspecified atom stereocenters. The van der Waals surface area contributed by atoms with Gasteiger partial charge < -0.3 is 10.6 Å². The minimum atomic E-state index is 0.0792. The van der Waals surface area contributed by atoms with E-state index in [1.807, 2.05) is 48.2 Å². The van der Waals surface area contributed by atoms with Gasteiger partial charge in [0.25, 0.3) is 5.91 Å². The summed E-state index contributed by atoms with van der Waals surface area (Å²) in [7, 11) is 0. The lowest BCUT2D eigenvalue weighted by molar-refractivity contribution is 0.0623. The maximum atomic E-state index is 12.9. The highest BCUT2D eigenvalue weighted by atomic mass is 16.2. The summed E-state index contributed by atoms with van der Waals surface area (Å²) in [5.74, 6) is 0.0792. The highest BCUT2D eigenvalue weighted by Gasteiger charge is 2.26. The average Bonchev–Trinajstić information content (AvgIpc) is 2.61. The molecule has 0 aliphatic carbocycles. The maximum absolute atomic E-state index is 12.9. The number of piperidine rings is 1. The van der Waals surface area contributed by atoms with Gasteiger partial charge in [-0.25, -0.2) is 0 Å². The molecule has 2 aromatic rings. The molecule has 1 aliphatic rings. The van der Waals surface area contributed by atoms with Gasteiger partial charge in [0.1, 0.15) is 0 Å². The van der Waals surface area contributed by atoms with Crippen LogP contribution >= 0.6 is 0 Å². The Morgan fingerprint density at radius 1 is 1.30 bits per heavy atom. The second kappa shape index (κ2) is 6.92. The van der Waals surface area contributed by atoms with Crippen molar-refractivity contribution in [3.05, 3.63) is 53.7 Å². The number of likely N-dealkylation sites (tertiary alicyclic amines) is 1. The number of hydrogen-bond acceptors (Lipinski definition) is 3. The van der Waals surface area contributed by atoms with Crippen LogP contribution in [0.4, 0.5) is 0 Å². The van der Waals surface area contributed by atoms with Crippen LogP contribution in [0.2, 0.25) is 0 Å². The predicted octanol–water partition coefficient (Wildman–Crippen LogP) is 3.01. The van der Waals surface area contributed by atoms with Crippen LogP contribution in [-0.2, 0) is 0 Å². The molecule has 0 bridgehead atoms. The topological polar surface area (TPSA) is 59.2 Å². The van der Waals surface area contributed by atoms with Crippen molar-refractivity contribution >= 4 is 5.91 Å². The highest BCUT2D eigenvalue weighted by molar-refractivity contribution is 5.95. The molecule has 1 aliphatic heterocycles. The van der Waals surface area contributed by atoms with Gasteiger partial charge >= 0.3 is 0 Å². The molecule has 1 amide bonds. The van der Waals surface area contributed by atoms with Crippen LogP contribution in [0.15, 0.2) is 42.6 Å². The summed E-state index contributed by atoms with van der Waals surface area (Å²) in [5, 5.41) is 0. The minimum absolute atomic E-state index is 0.0792. The summed E-state index contributed by atoms with van der Waals surface area (Å²) >= 11 is 0. The third-order valence-corrected chi connectivity index (χ3v) is 4.55. The Morgan fingerprint density at radius 2 is 2.17 bits per heavy atom. The first-order valence-corrected chi connectivity index (χ1v) is 8.24. The van der Waals surface area contributed by atoms with Gasteiger partial charge in [-0.15, -0.1) is 0 Å². The fraction of sp³-hybridized carbons (Fsp3) is 0.368. The summed E-state index contributed by atoms with van der Waals surface area (Å²) in [6, 6.07) is 11.9. The average molecular weight is 309 g/mol. The third kappa shape index (κ3) is 3.27. The predicted molar refractivity (Wildman–Crippen MR) is 92.1 cm³/mol. The number of pyridine rings is 1. The van der Waals surface area contributed by atoms with Crippen molar-refractivity contribution in [3.63, 3.8) is 0 Å². The summed E-state index contributed by atoms with van der Waals surface area (Å²) in [5.41, 5.74) is 9.58. The van der Waals surface area contributed by atoms with Crippen molar-refractivity contribution in [2.75, 3.05) is 13.1 Å². The van der Waals surface area contributed by atoms with E-state index in [0.29, 0.717) is 12.1 Å². The Morgan fingerprint density at radius 3 is 2.96 bits per heavy atom. The molecule has 4 nitrogen and oxygen atoms in total. The summed E-state index contributed by atoms with van der Waals surface area (Å²) in [4.78, 5) is 19.3. The van der Waals surface area contributed by atoms with E-state index in [0.717, 1.165) is 42.6 Å². The molecule has 2 heterocycles. The summed E-state index contributed by atoms with van der Waals surface area (Å²) in [6.07, 6.45) is 4.99. The molecule has 4 heteroatoms. The van der Waals surface area contributed by atoms with E-state index in [-0.39, 0.29) is 11.9 Å². The third-order valence-electron chi connectivity index (χ3n) is 4.55. The fourth-order valence-electron chi connectivity index (χ4n) is 3.27. The van der Waals surface area contributed by atoms with E-state index < -0.39 is 0 Å². The molecule has 0 radical (unpaired) electrons. The van der Waals surface area contributed by atoms with Crippen LogP contribution in [0.5, 0.6) is 0 Å². The van der Waals surface area contributed by atoms with Crippen molar-refractivity contribution < 1.29 is 4.79 Å². The molecule has 120 valence electrons. The first kappa shape index (κ1) is 15.7. The van der Waals surface area contributed by atoms with E-state index in [1.54, 1.807) is 6.20 Å². The van der Waals surface area contributed by atoms with E-state index in [1.165, 1.54) is 0 Å². The Bertz CT molecular complexity index is 699. The molecule has 1 aromatic heterocycles. The van der Waals surface area contributed by atoms with E-state index in [9.17, 15) is 4.79 Å². The number of nitrogens with zero attached hydrogens (tertiary/aromatic N) is 2. The SMILES string of the molecule is Cc1cccnc1-c1cccc(C(=O)N2CCCCC2CN)c1. The molecule has 1 fully saturated rings. The molecule has 1 saturated heterocycles. The summed E-state index contributed by atoms with van der Waals surface area (Å²) < 4.78 is 0. The van der Waals surface area contributed by atoms with Crippen LogP contribution in [0.25, 0.3) is 11.3 Å². The Balaban J connectivity index is 1.90. The fourth-order valence-corrected chi connectivity index (χ4v) is 3.27. The number of benzene rings is 1. The number of nitrogens with two attached hydrogens (primary N) is 1. The van der Waals surface area contributed by atoms with Crippen LogP contribution in [0.1, 0.15) is 35.2 Å². The Labute approximate surface area is 137 Å². The van der Waals surface area contributed by atoms with E-state index >= 15 is 0 Å². The van der Waals surface area contributed by atoms with Gasteiger partial charge in [0.2, 0.25) is 0 Å². The Kier molecular flexibility index (Phi) is 4.72. The lowest BCUT2D eigenvalue weighted by Crippen LogP contribution is -2.47. The molecule has 0 spiro atoms. The number of aryl methyl sites for hydroxylation is 1. The van der Waals surface area contributed by atoms with Gasteiger partial charge in [-0.05, 0) is 49.9 Å². The number of aromatic nitrogens is 1. The van der Waals surface area contributed by atoms with Gasteiger partial charge in [-0.2, -0.15) is 0 Å². The molecule has 0 saturated carbocycles. The molecular weight excluding hydrogens is 286 g/mol. The van der Waals surface area contributed by atoms with Crippen molar-refractivity contribution in [1.82, 2.24) is 9.88 Å². The lowest BCUT2D eigenvalue weighted by atomic mass is 9.99. The Hall–Kier alpha value is -2.20. The molecule has 23 heavy (non-hydrogen) atoms. The standard InChI is InChI=1S/C19H23N3O/c1-14-6-5-10-21-18(14)15-7-4-8-16(12-15)19(23)22-11-3-2-9-17(22)13-20/h4-8,10,12,17H,2-3,9,11,13,20H2,1H3.